The number of hydrogen-bond acceptors (Lipinski definition) is 2. The average molecular weight is 323 g/mol. The Morgan fingerprint density at radius 1 is 1.45 bits per heavy atom. The molecule has 120 valence electrons. The van der Waals surface area contributed by atoms with Gasteiger partial charge >= 0.3 is 6.03 Å². The summed E-state index contributed by atoms with van der Waals surface area (Å²) >= 11 is 5.95. The topological polar surface area (TPSA) is 52.6 Å². The van der Waals surface area contributed by atoms with Gasteiger partial charge in [0.1, 0.15) is 0 Å². The second-order valence-electron chi connectivity index (χ2n) is 5.63. The molecule has 2 N–H and O–H groups in total. The van der Waals surface area contributed by atoms with Crippen molar-refractivity contribution in [3.63, 3.8) is 0 Å². The smallest absolute Gasteiger partial charge is 0.318 e. The maximum Gasteiger partial charge on any atom is 0.318 e. The summed E-state index contributed by atoms with van der Waals surface area (Å²) in [7, 11) is 0. The van der Waals surface area contributed by atoms with E-state index < -0.39 is 0 Å². The van der Waals surface area contributed by atoms with Crippen LogP contribution in [0.5, 0.6) is 0 Å². The van der Waals surface area contributed by atoms with Gasteiger partial charge in [-0.3, -0.25) is 0 Å². The Morgan fingerprint density at radius 2 is 2.14 bits per heavy atom. The summed E-state index contributed by atoms with van der Waals surface area (Å²) < 4.78 is 0. The van der Waals surface area contributed by atoms with E-state index in [-0.39, 0.29) is 18.7 Å². The summed E-state index contributed by atoms with van der Waals surface area (Å²) in [5, 5.41) is 12.9. The average Bonchev–Trinajstić information content (AvgIpc) is 2.45. The molecule has 1 fully saturated rings. The third kappa shape index (κ3) is 4.24. The van der Waals surface area contributed by atoms with Crippen molar-refractivity contribution in [1.82, 2.24) is 10.2 Å². The number of urea groups is 1. The van der Waals surface area contributed by atoms with Gasteiger partial charge < -0.3 is 15.3 Å². The number of hydrogen-bond donors (Lipinski definition) is 2. The van der Waals surface area contributed by atoms with E-state index in [0.29, 0.717) is 24.0 Å². The molecule has 0 bridgehead atoms. The molecule has 22 heavy (non-hydrogen) atoms. The number of rotatable bonds is 7. The first-order valence-corrected chi connectivity index (χ1v) is 8.06. The van der Waals surface area contributed by atoms with Gasteiger partial charge in [-0.15, -0.1) is 6.58 Å². The van der Waals surface area contributed by atoms with Gasteiger partial charge in [0.05, 0.1) is 12.6 Å². The SMILES string of the molecule is C=CCN(CCO)C(=O)NC(c1ccc(Cl)cc1)C1CCC1. The zero-order chi connectivity index (χ0) is 15.9. The van der Waals surface area contributed by atoms with Crippen LogP contribution in [0.15, 0.2) is 36.9 Å². The molecule has 4 nitrogen and oxygen atoms in total. The van der Waals surface area contributed by atoms with Crippen molar-refractivity contribution in [2.45, 2.75) is 25.3 Å². The third-order valence-corrected chi connectivity index (χ3v) is 4.39. The lowest BCUT2D eigenvalue weighted by molar-refractivity contribution is 0.166. The molecule has 0 saturated heterocycles. The normalized spacial score (nSPS) is 15.7. The van der Waals surface area contributed by atoms with Crippen LogP contribution >= 0.6 is 11.6 Å². The third-order valence-electron chi connectivity index (χ3n) is 4.14. The van der Waals surface area contributed by atoms with Gasteiger partial charge in [-0.05, 0) is 36.5 Å². The number of amides is 2. The van der Waals surface area contributed by atoms with Gasteiger partial charge in [0.25, 0.3) is 0 Å². The minimum Gasteiger partial charge on any atom is -0.395 e. The number of carbonyl (C=O) groups excluding carboxylic acids is 1. The Kier molecular flexibility index (Phi) is 6.28. The first-order valence-electron chi connectivity index (χ1n) is 7.68. The van der Waals surface area contributed by atoms with Crippen molar-refractivity contribution in [2.75, 3.05) is 19.7 Å². The molecule has 1 aliphatic rings. The second kappa shape index (κ2) is 8.20. The summed E-state index contributed by atoms with van der Waals surface area (Å²) in [5.41, 5.74) is 1.07. The summed E-state index contributed by atoms with van der Waals surface area (Å²) in [4.78, 5) is 14.0. The summed E-state index contributed by atoms with van der Waals surface area (Å²) in [5.74, 6) is 0.463. The highest BCUT2D eigenvalue weighted by Gasteiger charge is 2.30. The van der Waals surface area contributed by atoms with Crippen molar-refractivity contribution in [1.29, 1.82) is 0 Å². The highest BCUT2D eigenvalue weighted by molar-refractivity contribution is 6.30. The second-order valence-corrected chi connectivity index (χ2v) is 6.06. The maximum absolute atomic E-state index is 12.4. The van der Waals surface area contributed by atoms with E-state index in [9.17, 15) is 4.79 Å². The number of aliphatic hydroxyl groups is 1. The number of nitrogens with one attached hydrogen (secondary N) is 1. The fraction of sp³-hybridized carbons (Fsp3) is 0.471. The molecular weight excluding hydrogens is 300 g/mol. The molecule has 1 atom stereocenters. The number of halogens is 1. The first kappa shape index (κ1) is 16.8. The van der Waals surface area contributed by atoms with Crippen molar-refractivity contribution in [2.24, 2.45) is 5.92 Å². The summed E-state index contributed by atoms with van der Waals surface area (Å²) in [6, 6.07) is 7.46. The van der Waals surface area contributed by atoms with Gasteiger partial charge in [0.2, 0.25) is 0 Å². The van der Waals surface area contributed by atoms with Crippen LogP contribution in [0.2, 0.25) is 5.02 Å². The van der Waals surface area contributed by atoms with Gasteiger partial charge in [0.15, 0.2) is 0 Å². The lowest BCUT2D eigenvalue weighted by Crippen LogP contribution is -2.45. The molecule has 1 saturated carbocycles. The highest BCUT2D eigenvalue weighted by Crippen LogP contribution is 2.38. The lowest BCUT2D eigenvalue weighted by atomic mass is 9.77. The van der Waals surface area contributed by atoms with Gasteiger partial charge in [-0.1, -0.05) is 36.2 Å². The van der Waals surface area contributed by atoms with Gasteiger partial charge in [-0.25, -0.2) is 4.79 Å². The molecule has 0 heterocycles. The Bertz CT molecular complexity index is 500. The van der Waals surface area contributed by atoms with E-state index in [1.165, 1.54) is 6.42 Å². The van der Waals surface area contributed by atoms with Crippen LogP contribution in [0, 0.1) is 5.92 Å². The number of benzene rings is 1. The molecule has 1 aromatic rings. The number of aliphatic hydroxyl groups excluding tert-OH is 1. The minimum atomic E-state index is -0.166. The molecular formula is C17H23ClN2O2. The molecule has 2 amide bonds. The van der Waals surface area contributed by atoms with Crippen LogP contribution in [0.3, 0.4) is 0 Å². The van der Waals surface area contributed by atoms with Crippen molar-refractivity contribution >= 4 is 17.6 Å². The Balaban J connectivity index is 2.10. The zero-order valence-electron chi connectivity index (χ0n) is 12.7. The van der Waals surface area contributed by atoms with Gasteiger partial charge in [0, 0.05) is 18.1 Å². The van der Waals surface area contributed by atoms with E-state index in [1.807, 2.05) is 24.3 Å². The Morgan fingerprint density at radius 3 is 2.64 bits per heavy atom. The van der Waals surface area contributed by atoms with Crippen molar-refractivity contribution < 1.29 is 9.90 Å². The largest absolute Gasteiger partial charge is 0.395 e. The van der Waals surface area contributed by atoms with E-state index in [4.69, 9.17) is 16.7 Å². The molecule has 1 aliphatic carbocycles. The van der Waals surface area contributed by atoms with Crippen LogP contribution in [0.25, 0.3) is 0 Å². The van der Waals surface area contributed by atoms with Crippen LogP contribution in [0.4, 0.5) is 4.79 Å². The van der Waals surface area contributed by atoms with Crippen molar-refractivity contribution in [3.05, 3.63) is 47.5 Å². The molecule has 0 spiro atoms. The summed E-state index contributed by atoms with van der Waals surface area (Å²) in [6.07, 6.45) is 5.11. The molecule has 0 aromatic heterocycles. The van der Waals surface area contributed by atoms with E-state index in [2.05, 4.69) is 11.9 Å². The van der Waals surface area contributed by atoms with Crippen LogP contribution in [-0.4, -0.2) is 35.7 Å². The lowest BCUT2D eigenvalue weighted by Gasteiger charge is -2.36. The Labute approximate surface area is 136 Å². The number of nitrogens with zero attached hydrogens (tertiary/aromatic N) is 1. The standard InChI is InChI=1S/C17H23ClN2O2/c1-2-10-20(11-12-21)17(22)19-16(13-4-3-5-13)14-6-8-15(18)9-7-14/h2,6-9,13,16,21H,1,3-5,10-12H2,(H,19,22). The van der Waals surface area contributed by atoms with E-state index in [1.54, 1.807) is 11.0 Å². The quantitative estimate of drug-likeness (QED) is 0.756. The van der Waals surface area contributed by atoms with Crippen molar-refractivity contribution in [3.8, 4) is 0 Å². The monoisotopic (exact) mass is 322 g/mol. The molecule has 0 radical (unpaired) electrons. The minimum absolute atomic E-state index is 0.00970. The fourth-order valence-electron chi connectivity index (χ4n) is 2.69. The van der Waals surface area contributed by atoms with Crippen LogP contribution < -0.4 is 5.32 Å². The molecule has 1 unspecified atom stereocenters. The highest BCUT2D eigenvalue weighted by atomic mass is 35.5. The first-order chi connectivity index (χ1) is 10.7. The van der Waals surface area contributed by atoms with E-state index >= 15 is 0 Å². The predicted octanol–water partition coefficient (Wildman–Crippen LogP) is 3.37. The van der Waals surface area contributed by atoms with Gasteiger partial charge in [-0.2, -0.15) is 0 Å². The van der Waals surface area contributed by atoms with Crippen LogP contribution in [0.1, 0.15) is 30.9 Å². The van der Waals surface area contributed by atoms with Crippen LogP contribution in [-0.2, 0) is 0 Å². The van der Waals surface area contributed by atoms with E-state index in [0.717, 1.165) is 18.4 Å². The summed E-state index contributed by atoms with van der Waals surface area (Å²) in [6.45, 7) is 4.32. The predicted molar refractivity (Wildman–Crippen MR) is 88.9 cm³/mol. The zero-order valence-corrected chi connectivity index (χ0v) is 13.4. The molecule has 5 heteroatoms. The molecule has 1 aromatic carbocycles. The Hall–Kier alpha value is -1.52. The molecule has 2 rings (SSSR count). The molecule has 0 aliphatic heterocycles. The fourth-order valence-corrected chi connectivity index (χ4v) is 2.82. The number of carbonyl (C=O) groups is 1. The maximum atomic E-state index is 12.4.